The number of nitrogens with one attached hydrogen (secondary N) is 1. The molecule has 0 radical (unpaired) electrons. The lowest BCUT2D eigenvalue weighted by molar-refractivity contribution is 0.0921. The van der Waals surface area contributed by atoms with E-state index in [2.05, 4.69) is 17.2 Å². The molecule has 0 spiro atoms. The zero-order valence-electron chi connectivity index (χ0n) is 11.7. The van der Waals surface area contributed by atoms with Gasteiger partial charge in [0.25, 0.3) is 0 Å². The van der Waals surface area contributed by atoms with E-state index in [9.17, 15) is 4.79 Å². The second-order valence-electron chi connectivity index (χ2n) is 5.51. The topological polar surface area (TPSA) is 71.5 Å². The third kappa shape index (κ3) is 3.58. The third-order valence-electron chi connectivity index (χ3n) is 3.79. The van der Waals surface area contributed by atoms with Crippen LogP contribution in [0.15, 0.2) is 10.5 Å². The maximum absolute atomic E-state index is 11.5. The van der Waals surface area contributed by atoms with Crippen LogP contribution in [0.25, 0.3) is 0 Å². The fourth-order valence-corrected chi connectivity index (χ4v) is 2.62. The van der Waals surface area contributed by atoms with E-state index in [1.165, 1.54) is 19.3 Å². The first-order valence-corrected chi connectivity index (χ1v) is 6.92. The Labute approximate surface area is 114 Å². The van der Waals surface area contributed by atoms with Crippen LogP contribution < -0.4 is 11.3 Å². The number of carbonyl (C=O) groups is 1. The highest BCUT2D eigenvalue weighted by molar-refractivity contribution is 5.92. The highest BCUT2D eigenvalue weighted by Crippen LogP contribution is 2.20. The van der Waals surface area contributed by atoms with Crippen LogP contribution in [0.3, 0.4) is 0 Å². The Hall–Kier alpha value is -1.33. The number of hydrogen-bond acceptors (Lipinski definition) is 4. The number of amides is 1. The molecule has 1 atom stereocenters. The third-order valence-corrected chi connectivity index (χ3v) is 3.79. The minimum atomic E-state index is -0.367. The van der Waals surface area contributed by atoms with Crippen molar-refractivity contribution in [3.8, 4) is 0 Å². The van der Waals surface area contributed by atoms with E-state index in [1.54, 1.807) is 0 Å². The Kier molecular flexibility index (Phi) is 4.61. The molecule has 0 saturated carbocycles. The summed E-state index contributed by atoms with van der Waals surface area (Å²) in [6.07, 6.45) is 3.77. The summed E-state index contributed by atoms with van der Waals surface area (Å²) in [7, 11) is 0. The van der Waals surface area contributed by atoms with Crippen LogP contribution in [0.1, 0.15) is 48.1 Å². The Morgan fingerprint density at radius 2 is 2.32 bits per heavy atom. The second kappa shape index (κ2) is 6.21. The van der Waals surface area contributed by atoms with Gasteiger partial charge in [0, 0.05) is 5.56 Å². The van der Waals surface area contributed by atoms with Gasteiger partial charge in [-0.15, -0.1) is 0 Å². The maximum atomic E-state index is 11.5. The summed E-state index contributed by atoms with van der Waals surface area (Å²) in [5.41, 5.74) is 2.94. The molecule has 2 heterocycles. The van der Waals surface area contributed by atoms with Crippen molar-refractivity contribution < 1.29 is 9.21 Å². The molecule has 0 aliphatic carbocycles. The van der Waals surface area contributed by atoms with Crippen LogP contribution in [0.4, 0.5) is 0 Å². The summed E-state index contributed by atoms with van der Waals surface area (Å²) in [5.74, 6) is 6.73. The fourth-order valence-electron chi connectivity index (χ4n) is 2.62. The summed E-state index contributed by atoms with van der Waals surface area (Å²) in [5, 5.41) is 0. The molecule has 0 bridgehead atoms. The van der Waals surface area contributed by atoms with Crippen LogP contribution in [0, 0.1) is 12.8 Å². The summed E-state index contributed by atoms with van der Waals surface area (Å²) in [4.78, 5) is 13.9. The number of carbonyl (C=O) groups excluding carboxylic acids is 1. The first kappa shape index (κ1) is 14.1. The van der Waals surface area contributed by atoms with E-state index in [-0.39, 0.29) is 5.91 Å². The molecule has 1 aromatic rings. The van der Waals surface area contributed by atoms with Crippen molar-refractivity contribution in [1.29, 1.82) is 0 Å². The zero-order valence-corrected chi connectivity index (χ0v) is 11.7. The molecule has 1 unspecified atom stereocenters. The lowest BCUT2D eigenvalue weighted by atomic mass is 10.0. The summed E-state index contributed by atoms with van der Waals surface area (Å²) in [6.45, 7) is 7.14. The van der Waals surface area contributed by atoms with Crippen LogP contribution in [-0.2, 0) is 6.54 Å². The van der Waals surface area contributed by atoms with Crippen molar-refractivity contribution in [3.63, 3.8) is 0 Å². The van der Waals surface area contributed by atoms with E-state index in [4.69, 9.17) is 10.3 Å². The van der Waals surface area contributed by atoms with Crippen molar-refractivity contribution >= 4 is 5.91 Å². The highest BCUT2D eigenvalue weighted by Gasteiger charge is 2.18. The number of hydrogen-bond donors (Lipinski definition) is 2. The van der Waals surface area contributed by atoms with Crippen LogP contribution in [0.2, 0.25) is 0 Å². The van der Waals surface area contributed by atoms with Crippen LogP contribution >= 0.6 is 0 Å². The maximum Gasteiger partial charge on any atom is 0.301 e. The lowest BCUT2D eigenvalue weighted by Gasteiger charge is -2.18. The minimum absolute atomic E-state index is 0.320. The van der Waals surface area contributed by atoms with E-state index < -0.39 is 0 Å². The van der Waals surface area contributed by atoms with Crippen molar-refractivity contribution in [2.75, 3.05) is 13.1 Å². The largest absolute Gasteiger partial charge is 0.454 e. The number of likely N-dealkylation sites (tertiary alicyclic amines) is 1. The lowest BCUT2D eigenvalue weighted by Crippen LogP contribution is -2.30. The normalized spacial score (nSPS) is 21.1. The minimum Gasteiger partial charge on any atom is -0.454 e. The first-order valence-electron chi connectivity index (χ1n) is 6.92. The van der Waals surface area contributed by atoms with Gasteiger partial charge < -0.3 is 4.42 Å². The first-order chi connectivity index (χ1) is 9.10. The van der Waals surface area contributed by atoms with Gasteiger partial charge >= 0.3 is 5.91 Å². The molecule has 0 aromatic carbocycles. The molecule has 1 aromatic heterocycles. The Morgan fingerprint density at radius 3 is 3.05 bits per heavy atom. The van der Waals surface area contributed by atoms with Crippen molar-refractivity contribution in [1.82, 2.24) is 10.3 Å². The number of rotatable bonds is 3. The number of aryl methyl sites for hydroxylation is 1. The molecule has 2 rings (SSSR count). The number of nitrogens with zero attached hydrogens (tertiary/aromatic N) is 1. The van der Waals surface area contributed by atoms with E-state index >= 15 is 0 Å². The highest BCUT2D eigenvalue weighted by atomic mass is 16.4. The number of nitrogens with two attached hydrogens (primary N) is 1. The van der Waals surface area contributed by atoms with Gasteiger partial charge in [-0.05, 0) is 51.3 Å². The Bertz CT molecular complexity index is 442. The number of furan rings is 1. The quantitative estimate of drug-likeness (QED) is 0.497. The van der Waals surface area contributed by atoms with Crippen molar-refractivity contribution in [3.05, 3.63) is 23.2 Å². The van der Waals surface area contributed by atoms with Gasteiger partial charge in [-0.25, -0.2) is 5.84 Å². The van der Waals surface area contributed by atoms with Gasteiger partial charge in [-0.3, -0.25) is 15.1 Å². The molecular weight excluding hydrogens is 242 g/mol. The monoisotopic (exact) mass is 265 g/mol. The Balaban J connectivity index is 2.01. The molecule has 3 N–H and O–H groups in total. The van der Waals surface area contributed by atoms with Crippen LogP contribution in [-0.4, -0.2) is 23.9 Å². The van der Waals surface area contributed by atoms with Gasteiger partial charge in [-0.1, -0.05) is 6.92 Å². The van der Waals surface area contributed by atoms with Crippen molar-refractivity contribution in [2.24, 2.45) is 11.8 Å². The standard InChI is InChI=1S/C14H23N3O2/c1-10-4-3-6-17(7-5-10)9-12-8-11(2)13(19-12)14(18)16-15/h8,10H,3-7,9,15H2,1-2H3,(H,16,18). The summed E-state index contributed by atoms with van der Waals surface area (Å²) >= 11 is 0. The summed E-state index contributed by atoms with van der Waals surface area (Å²) in [6, 6.07) is 1.93. The van der Waals surface area contributed by atoms with Crippen molar-refractivity contribution in [2.45, 2.75) is 39.7 Å². The van der Waals surface area contributed by atoms with E-state index in [0.717, 1.165) is 36.9 Å². The van der Waals surface area contributed by atoms with E-state index in [0.29, 0.717) is 5.76 Å². The number of nitrogen functional groups attached to an aromatic ring is 1. The average Bonchev–Trinajstić information content (AvgIpc) is 2.62. The average molecular weight is 265 g/mol. The molecule has 106 valence electrons. The number of hydrazine groups is 1. The van der Waals surface area contributed by atoms with Gasteiger partial charge in [-0.2, -0.15) is 0 Å². The van der Waals surface area contributed by atoms with Gasteiger partial charge in [0.2, 0.25) is 0 Å². The summed E-state index contributed by atoms with van der Waals surface area (Å²) < 4.78 is 5.60. The molecule has 1 fully saturated rings. The van der Waals surface area contributed by atoms with Crippen LogP contribution in [0.5, 0.6) is 0 Å². The predicted molar refractivity (Wildman–Crippen MR) is 73.4 cm³/mol. The van der Waals surface area contributed by atoms with Gasteiger partial charge in [0.05, 0.1) is 6.54 Å². The fraction of sp³-hybridized carbons (Fsp3) is 0.643. The molecule has 1 saturated heterocycles. The molecule has 1 aliphatic heterocycles. The Morgan fingerprint density at radius 1 is 1.53 bits per heavy atom. The smallest absolute Gasteiger partial charge is 0.301 e. The molecule has 5 heteroatoms. The van der Waals surface area contributed by atoms with Gasteiger partial charge in [0.1, 0.15) is 5.76 Å². The zero-order chi connectivity index (χ0) is 13.8. The van der Waals surface area contributed by atoms with Gasteiger partial charge in [0.15, 0.2) is 5.76 Å². The molecule has 5 nitrogen and oxygen atoms in total. The SMILES string of the molecule is Cc1cc(CN2CCCC(C)CC2)oc1C(=O)NN. The predicted octanol–water partition coefficient (Wildman–Crippen LogP) is 1.81. The molecular formula is C14H23N3O2. The molecule has 1 amide bonds. The molecule has 1 aliphatic rings. The van der Waals surface area contributed by atoms with E-state index in [1.807, 2.05) is 13.0 Å². The second-order valence-corrected chi connectivity index (χ2v) is 5.51. The molecule has 19 heavy (non-hydrogen) atoms.